The number of carbonyl (C=O) groups is 1. The number of rotatable bonds is 2. The van der Waals surface area contributed by atoms with Gasteiger partial charge in [0.1, 0.15) is 23.7 Å². The van der Waals surface area contributed by atoms with Gasteiger partial charge >= 0.3 is 0 Å². The molecule has 5 rings (SSSR count). The fraction of sp³-hybridized carbons (Fsp3) is 0.227. The number of thiazole rings is 1. The molecular formula is C22H18FN7OS. The Balaban J connectivity index is 1.57. The molecule has 0 bridgehead atoms. The molecule has 1 atom stereocenters. The molecule has 0 spiro atoms. The highest BCUT2D eigenvalue weighted by atomic mass is 32.1. The molecule has 8 nitrogen and oxygen atoms in total. The minimum absolute atomic E-state index is 0.0858. The van der Waals surface area contributed by atoms with E-state index in [2.05, 4.69) is 38.5 Å². The number of nitrogen functional groups attached to an aromatic ring is 1. The van der Waals surface area contributed by atoms with E-state index >= 15 is 0 Å². The molecule has 0 aliphatic carbocycles. The molecule has 1 aromatic carbocycles. The number of nitrogens with zero attached hydrogens (tertiary/aromatic N) is 6. The summed E-state index contributed by atoms with van der Waals surface area (Å²) in [5, 5.41) is 6.00. The van der Waals surface area contributed by atoms with Crippen molar-refractivity contribution in [3.63, 3.8) is 0 Å². The normalized spacial score (nSPS) is 15.8. The maximum absolute atomic E-state index is 14.6. The predicted octanol–water partition coefficient (Wildman–Crippen LogP) is 2.82. The molecule has 10 heteroatoms. The van der Waals surface area contributed by atoms with E-state index < -0.39 is 5.82 Å². The number of benzene rings is 1. The Kier molecular flexibility index (Phi) is 4.83. The van der Waals surface area contributed by atoms with E-state index in [9.17, 15) is 9.18 Å². The standard InChI is InChI=1S/C22H18FN7OS/c1-3-19(31)29-7-6-14(10-29)30-22-20(21(24)25-11-26-22)16(28-30)5-4-13-8-17-18(9-15(13)23)32-12(2)27-17/h3,8-9,11,14H,1,6-7,10H2,2H3,(H2,24,25,26). The zero-order valence-electron chi connectivity index (χ0n) is 17.2. The highest BCUT2D eigenvalue weighted by molar-refractivity contribution is 7.18. The third-order valence-electron chi connectivity index (χ3n) is 5.41. The van der Waals surface area contributed by atoms with Crippen molar-refractivity contribution in [3.05, 3.63) is 53.2 Å². The Morgan fingerprint density at radius 1 is 1.38 bits per heavy atom. The average Bonchev–Trinajstić information content (AvgIpc) is 3.48. The van der Waals surface area contributed by atoms with Crippen LogP contribution in [0.3, 0.4) is 0 Å². The first-order chi connectivity index (χ1) is 15.4. The molecule has 1 fully saturated rings. The van der Waals surface area contributed by atoms with Gasteiger partial charge < -0.3 is 10.6 Å². The van der Waals surface area contributed by atoms with Gasteiger partial charge in [0.05, 0.1) is 32.2 Å². The molecule has 3 aromatic heterocycles. The van der Waals surface area contributed by atoms with Gasteiger partial charge in [0.2, 0.25) is 5.91 Å². The number of halogens is 1. The van der Waals surface area contributed by atoms with Crippen molar-refractivity contribution in [2.45, 2.75) is 19.4 Å². The molecule has 160 valence electrons. The summed E-state index contributed by atoms with van der Waals surface area (Å²) in [5.41, 5.74) is 7.93. The molecule has 0 radical (unpaired) electrons. The third-order valence-corrected chi connectivity index (χ3v) is 6.35. The Hall–Kier alpha value is -3.84. The number of hydrogen-bond acceptors (Lipinski definition) is 7. The van der Waals surface area contributed by atoms with Gasteiger partial charge in [0.25, 0.3) is 0 Å². The molecule has 32 heavy (non-hydrogen) atoms. The summed E-state index contributed by atoms with van der Waals surface area (Å²) in [5.74, 6) is 5.51. The van der Waals surface area contributed by atoms with Crippen molar-refractivity contribution in [3.8, 4) is 11.8 Å². The SMILES string of the molecule is C=CC(=O)N1CCC(n2nc(C#Cc3cc4nc(C)sc4cc3F)c3c(N)ncnc32)C1. The summed E-state index contributed by atoms with van der Waals surface area (Å²) in [4.78, 5) is 26.5. The molecule has 1 aliphatic rings. The van der Waals surface area contributed by atoms with E-state index in [1.807, 2.05) is 6.92 Å². The Morgan fingerprint density at radius 2 is 2.22 bits per heavy atom. The second kappa shape index (κ2) is 7.69. The van der Waals surface area contributed by atoms with Crippen molar-refractivity contribution in [2.75, 3.05) is 18.8 Å². The number of carbonyl (C=O) groups excluding carboxylic acids is 1. The van der Waals surface area contributed by atoms with Crippen LogP contribution in [0, 0.1) is 24.6 Å². The monoisotopic (exact) mass is 447 g/mol. The molecular weight excluding hydrogens is 429 g/mol. The minimum atomic E-state index is -0.420. The molecule has 1 aliphatic heterocycles. The highest BCUT2D eigenvalue weighted by Crippen LogP contribution is 2.29. The second-order valence-corrected chi connectivity index (χ2v) is 8.70. The summed E-state index contributed by atoms with van der Waals surface area (Å²) < 4.78 is 17.1. The van der Waals surface area contributed by atoms with Crippen LogP contribution in [0.1, 0.15) is 28.7 Å². The van der Waals surface area contributed by atoms with E-state index in [-0.39, 0.29) is 23.3 Å². The van der Waals surface area contributed by atoms with Gasteiger partial charge in [-0.2, -0.15) is 5.10 Å². The van der Waals surface area contributed by atoms with E-state index in [4.69, 9.17) is 5.73 Å². The van der Waals surface area contributed by atoms with Crippen molar-refractivity contribution in [1.29, 1.82) is 0 Å². The minimum Gasteiger partial charge on any atom is -0.383 e. The summed E-state index contributed by atoms with van der Waals surface area (Å²) in [6.45, 7) is 6.50. The molecule has 0 saturated carbocycles. The molecule has 1 unspecified atom stereocenters. The first-order valence-corrected chi connectivity index (χ1v) is 10.7. The molecule has 1 saturated heterocycles. The third kappa shape index (κ3) is 3.36. The van der Waals surface area contributed by atoms with E-state index in [0.717, 1.165) is 9.71 Å². The van der Waals surface area contributed by atoms with Gasteiger partial charge in [-0.1, -0.05) is 12.5 Å². The molecule has 2 N–H and O–H groups in total. The van der Waals surface area contributed by atoms with Crippen LogP contribution in [0.15, 0.2) is 31.1 Å². The number of anilines is 1. The van der Waals surface area contributed by atoms with Gasteiger partial charge in [-0.25, -0.2) is 24.0 Å². The van der Waals surface area contributed by atoms with Crippen molar-refractivity contribution >= 4 is 44.3 Å². The lowest BCUT2D eigenvalue weighted by atomic mass is 10.2. The van der Waals surface area contributed by atoms with Gasteiger partial charge in [0.15, 0.2) is 5.65 Å². The Morgan fingerprint density at radius 3 is 3.03 bits per heavy atom. The predicted molar refractivity (Wildman–Crippen MR) is 120 cm³/mol. The number of aromatic nitrogens is 5. The van der Waals surface area contributed by atoms with E-state index in [1.54, 1.807) is 15.6 Å². The first-order valence-electron chi connectivity index (χ1n) is 9.93. The largest absolute Gasteiger partial charge is 0.383 e. The van der Waals surface area contributed by atoms with Crippen LogP contribution in [0.4, 0.5) is 10.2 Å². The topological polar surface area (TPSA) is 103 Å². The maximum atomic E-state index is 14.6. The quantitative estimate of drug-likeness (QED) is 0.374. The van der Waals surface area contributed by atoms with Gasteiger partial charge in [-0.15, -0.1) is 11.3 Å². The molecule has 4 aromatic rings. The van der Waals surface area contributed by atoms with Gasteiger partial charge in [-0.3, -0.25) is 4.79 Å². The number of likely N-dealkylation sites (tertiary alicyclic amines) is 1. The first kappa shape index (κ1) is 20.1. The summed E-state index contributed by atoms with van der Waals surface area (Å²) >= 11 is 1.43. The second-order valence-electron chi connectivity index (χ2n) is 7.46. The van der Waals surface area contributed by atoms with Crippen molar-refractivity contribution < 1.29 is 9.18 Å². The van der Waals surface area contributed by atoms with Crippen molar-refractivity contribution in [2.24, 2.45) is 0 Å². The lowest BCUT2D eigenvalue weighted by Gasteiger charge is -2.14. The van der Waals surface area contributed by atoms with Gasteiger partial charge in [0, 0.05) is 13.1 Å². The smallest absolute Gasteiger partial charge is 0.246 e. The summed E-state index contributed by atoms with van der Waals surface area (Å²) in [7, 11) is 0. The van der Waals surface area contributed by atoms with E-state index in [0.29, 0.717) is 41.8 Å². The Bertz CT molecular complexity index is 1460. The maximum Gasteiger partial charge on any atom is 0.246 e. The fourth-order valence-corrected chi connectivity index (χ4v) is 4.73. The Labute approximate surface area is 186 Å². The van der Waals surface area contributed by atoms with Crippen LogP contribution >= 0.6 is 11.3 Å². The van der Waals surface area contributed by atoms with Crippen LogP contribution in [0.2, 0.25) is 0 Å². The summed E-state index contributed by atoms with van der Waals surface area (Å²) in [6, 6.07) is 3.00. The van der Waals surface area contributed by atoms with Crippen molar-refractivity contribution in [1.82, 2.24) is 29.6 Å². The lowest BCUT2D eigenvalue weighted by molar-refractivity contribution is -0.125. The number of aryl methyl sites for hydroxylation is 1. The lowest BCUT2D eigenvalue weighted by Crippen LogP contribution is -2.27. The number of hydrogen-bond donors (Lipinski definition) is 1. The van der Waals surface area contributed by atoms with Gasteiger partial charge in [-0.05, 0) is 37.5 Å². The average molecular weight is 447 g/mol. The van der Waals surface area contributed by atoms with Crippen LogP contribution < -0.4 is 5.73 Å². The van der Waals surface area contributed by atoms with E-state index in [1.165, 1.54) is 29.8 Å². The summed E-state index contributed by atoms with van der Waals surface area (Å²) in [6.07, 6.45) is 3.38. The number of fused-ring (bicyclic) bond motifs is 2. The van der Waals surface area contributed by atoms with Crippen LogP contribution in [0.25, 0.3) is 21.3 Å². The molecule has 4 heterocycles. The number of nitrogens with two attached hydrogens (primary N) is 1. The zero-order valence-corrected chi connectivity index (χ0v) is 18.0. The fourth-order valence-electron chi connectivity index (χ4n) is 3.89. The van der Waals surface area contributed by atoms with Crippen LogP contribution in [-0.2, 0) is 4.79 Å². The zero-order chi connectivity index (χ0) is 22.4. The molecule has 1 amide bonds. The highest BCUT2D eigenvalue weighted by Gasteiger charge is 2.29. The number of amides is 1. The van der Waals surface area contributed by atoms with Crippen LogP contribution in [-0.4, -0.2) is 48.6 Å². The van der Waals surface area contributed by atoms with Crippen LogP contribution in [0.5, 0.6) is 0 Å².